The lowest BCUT2D eigenvalue weighted by Crippen LogP contribution is -2.11. The van der Waals surface area contributed by atoms with Crippen molar-refractivity contribution < 1.29 is 23.8 Å². The molecule has 21 heavy (non-hydrogen) atoms. The number of carboxylic acids is 1. The molecular formula is C15H12O6. The fourth-order valence-electron chi connectivity index (χ4n) is 1.99. The van der Waals surface area contributed by atoms with E-state index < -0.39 is 11.9 Å². The summed E-state index contributed by atoms with van der Waals surface area (Å²) in [6.45, 7) is 2.73. The van der Waals surface area contributed by atoms with E-state index in [0.29, 0.717) is 5.76 Å². The van der Waals surface area contributed by atoms with E-state index in [4.69, 9.17) is 9.15 Å². The summed E-state index contributed by atoms with van der Waals surface area (Å²) in [4.78, 5) is 34.5. The van der Waals surface area contributed by atoms with Gasteiger partial charge in [-0.3, -0.25) is 9.59 Å². The Balaban J connectivity index is 2.80. The van der Waals surface area contributed by atoms with Crippen LogP contribution >= 0.6 is 0 Å². The van der Waals surface area contributed by atoms with Gasteiger partial charge in [0.15, 0.2) is 11.2 Å². The number of carbonyl (C=O) groups excluding carboxylic acids is 1. The highest BCUT2D eigenvalue weighted by Gasteiger charge is 2.21. The molecule has 2 aromatic rings. The minimum Gasteiger partial charge on any atom is -0.478 e. The number of esters is 1. The summed E-state index contributed by atoms with van der Waals surface area (Å²) in [5.74, 6) is -1.80. The van der Waals surface area contributed by atoms with Crippen LogP contribution in [0, 0.1) is 6.92 Å². The Morgan fingerprint density at radius 1 is 1.24 bits per heavy atom. The molecule has 108 valence electrons. The molecule has 0 amide bonds. The van der Waals surface area contributed by atoms with Crippen molar-refractivity contribution in [1.29, 1.82) is 0 Å². The Kier molecular flexibility index (Phi) is 3.89. The average Bonchev–Trinajstić information content (AvgIpc) is 2.39. The Hall–Kier alpha value is -2.89. The molecule has 0 spiro atoms. The zero-order valence-corrected chi connectivity index (χ0v) is 11.4. The lowest BCUT2D eigenvalue weighted by Gasteiger charge is -2.12. The first kappa shape index (κ1) is 14.5. The Morgan fingerprint density at radius 2 is 1.95 bits per heavy atom. The molecule has 0 unspecified atom stereocenters. The second-order valence-corrected chi connectivity index (χ2v) is 4.30. The summed E-state index contributed by atoms with van der Waals surface area (Å²) in [6, 6.07) is 5.49. The molecule has 0 aliphatic heterocycles. The second-order valence-electron chi connectivity index (χ2n) is 4.30. The third-order valence-electron chi connectivity index (χ3n) is 2.82. The van der Waals surface area contributed by atoms with Crippen LogP contribution in [0.1, 0.15) is 23.0 Å². The van der Waals surface area contributed by atoms with Gasteiger partial charge in [0, 0.05) is 18.6 Å². The number of aryl methyl sites for hydroxylation is 1. The van der Waals surface area contributed by atoms with E-state index in [2.05, 4.69) is 0 Å². The summed E-state index contributed by atoms with van der Waals surface area (Å²) in [5.41, 5.74) is -0.186. The molecule has 2 rings (SSSR count). The molecule has 0 saturated heterocycles. The Labute approximate surface area is 119 Å². The van der Waals surface area contributed by atoms with E-state index in [1.54, 1.807) is 6.92 Å². The second kappa shape index (κ2) is 5.62. The summed E-state index contributed by atoms with van der Waals surface area (Å²) in [7, 11) is 0. The van der Waals surface area contributed by atoms with Crippen LogP contribution in [0.3, 0.4) is 0 Å². The normalized spacial score (nSPS) is 10.2. The maximum Gasteiger partial charge on any atom is 0.339 e. The van der Waals surface area contributed by atoms with Crippen molar-refractivity contribution in [2.24, 2.45) is 0 Å². The largest absolute Gasteiger partial charge is 0.478 e. The van der Waals surface area contributed by atoms with Gasteiger partial charge >= 0.3 is 11.9 Å². The number of benzene rings is 1. The van der Waals surface area contributed by atoms with Gasteiger partial charge in [0.25, 0.3) is 0 Å². The molecule has 0 aliphatic carbocycles. The van der Waals surface area contributed by atoms with Gasteiger partial charge in [0.05, 0.1) is 11.8 Å². The van der Waals surface area contributed by atoms with Crippen molar-refractivity contribution in [3.8, 4) is 16.9 Å². The first-order valence-corrected chi connectivity index (χ1v) is 6.05. The monoisotopic (exact) mass is 288 g/mol. The van der Waals surface area contributed by atoms with Crippen molar-refractivity contribution in [2.45, 2.75) is 13.8 Å². The van der Waals surface area contributed by atoms with E-state index in [0.717, 1.165) is 6.92 Å². The van der Waals surface area contributed by atoms with Crippen molar-refractivity contribution in [3.05, 3.63) is 52.1 Å². The van der Waals surface area contributed by atoms with Crippen LogP contribution in [0.5, 0.6) is 5.75 Å². The lowest BCUT2D eigenvalue weighted by molar-refractivity contribution is -0.131. The van der Waals surface area contributed by atoms with Crippen LogP contribution in [0.15, 0.2) is 39.7 Å². The van der Waals surface area contributed by atoms with Gasteiger partial charge in [0.1, 0.15) is 11.3 Å². The van der Waals surface area contributed by atoms with Gasteiger partial charge in [-0.2, -0.15) is 0 Å². The lowest BCUT2D eigenvalue weighted by atomic mass is 10.0. The molecule has 6 nitrogen and oxygen atoms in total. The third-order valence-corrected chi connectivity index (χ3v) is 2.82. The van der Waals surface area contributed by atoms with Crippen molar-refractivity contribution in [2.75, 3.05) is 0 Å². The van der Waals surface area contributed by atoms with Crippen LogP contribution in [0.25, 0.3) is 11.1 Å². The molecule has 0 atom stereocenters. The smallest absolute Gasteiger partial charge is 0.339 e. The Bertz CT molecular complexity index is 772. The zero-order chi connectivity index (χ0) is 15.6. The van der Waals surface area contributed by atoms with E-state index in [-0.39, 0.29) is 27.9 Å². The molecule has 0 fully saturated rings. The van der Waals surface area contributed by atoms with Gasteiger partial charge in [-0.25, -0.2) is 4.79 Å². The van der Waals surface area contributed by atoms with E-state index in [9.17, 15) is 19.5 Å². The standard InChI is InChI=1S/C15H12O6/c1-8-13(12(17)6-7-20-8)10-4-3-5-11(15(18)19)14(10)21-9(2)16/h3-7H,1-2H3,(H,18,19). The number of hydrogen-bond donors (Lipinski definition) is 1. The molecule has 6 heteroatoms. The molecular weight excluding hydrogens is 276 g/mol. The number of para-hydroxylation sites is 1. The van der Waals surface area contributed by atoms with Crippen LogP contribution in [-0.2, 0) is 4.79 Å². The highest BCUT2D eigenvalue weighted by atomic mass is 16.5. The molecule has 0 bridgehead atoms. The Morgan fingerprint density at radius 3 is 2.52 bits per heavy atom. The summed E-state index contributed by atoms with van der Waals surface area (Å²) in [5, 5.41) is 9.20. The molecule has 0 aliphatic rings. The summed E-state index contributed by atoms with van der Waals surface area (Å²) in [6.07, 6.45) is 1.24. The minimum atomic E-state index is -1.26. The molecule has 1 aromatic carbocycles. The SMILES string of the molecule is CC(=O)Oc1c(C(=O)O)cccc1-c1c(C)occc1=O. The maximum atomic E-state index is 12.0. The fraction of sp³-hybridized carbons (Fsp3) is 0.133. The van der Waals surface area contributed by atoms with E-state index in [1.807, 2.05) is 0 Å². The minimum absolute atomic E-state index is 0.164. The molecule has 1 heterocycles. The van der Waals surface area contributed by atoms with E-state index in [1.165, 1.54) is 30.5 Å². The predicted molar refractivity (Wildman–Crippen MR) is 73.4 cm³/mol. The van der Waals surface area contributed by atoms with Gasteiger partial charge in [0.2, 0.25) is 0 Å². The number of ether oxygens (including phenoxy) is 1. The van der Waals surface area contributed by atoms with Crippen molar-refractivity contribution >= 4 is 11.9 Å². The first-order chi connectivity index (χ1) is 9.91. The van der Waals surface area contributed by atoms with Gasteiger partial charge in [-0.15, -0.1) is 0 Å². The van der Waals surface area contributed by atoms with Crippen LogP contribution < -0.4 is 10.2 Å². The summed E-state index contributed by atoms with van der Waals surface area (Å²) >= 11 is 0. The van der Waals surface area contributed by atoms with E-state index >= 15 is 0 Å². The van der Waals surface area contributed by atoms with Crippen molar-refractivity contribution in [3.63, 3.8) is 0 Å². The van der Waals surface area contributed by atoms with Crippen molar-refractivity contribution in [1.82, 2.24) is 0 Å². The molecule has 0 saturated carbocycles. The maximum absolute atomic E-state index is 12.0. The highest BCUT2D eigenvalue weighted by molar-refractivity contribution is 5.95. The topological polar surface area (TPSA) is 93.8 Å². The van der Waals surface area contributed by atoms with Gasteiger partial charge < -0.3 is 14.3 Å². The number of carboxylic acid groups (broad SMARTS) is 1. The third kappa shape index (κ3) is 2.84. The zero-order valence-electron chi connectivity index (χ0n) is 11.4. The number of aromatic carboxylic acids is 1. The molecule has 0 radical (unpaired) electrons. The van der Waals surface area contributed by atoms with Crippen LogP contribution in [0.2, 0.25) is 0 Å². The number of rotatable bonds is 3. The first-order valence-electron chi connectivity index (χ1n) is 6.05. The van der Waals surface area contributed by atoms with Crippen LogP contribution in [-0.4, -0.2) is 17.0 Å². The highest BCUT2D eigenvalue weighted by Crippen LogP contribution is 2.33. The summed E-state index contributed by atoms with van der Waals surface area (Å²) < 4.78 is 10.2. The predicted octanol–water partition coefficient (Wildman–Crippen LogP) is 2.24. The molecule has 1 aromatic heterocycles. The van der Waals surface area contributed by atoms with Gasteiger partial charge in [-0.05, 0) is 13.0 Å². The number of hydrogen-bond acceptors (Lipinski definition) is 5. The fourth-order valence-corrected chi connectivity index (χ4v) is 1.99. The van der Waals surface area contributed by atoms with Crippen LogP contribution in [0.4, 0.5) is 0 Å². The molecule has 1 N–H and O–H groups in total. The number of carbonyl (C=O) groups is 2. The van der Waals surface area contributed by atoms with Gasteiger partial charge in [-0.1, -0.05) is 12.1 Å². The average molecular weight is 288 g/mol. The quantitative estimate of drug-likeness (QED) is 0.687.